The molecule has 100 valence electrons. The van der Waals surface area contributed by atoms with E-state index in [1.165, 1.54) is 0 Å². The monoisotopic (exact) mass is 286 g/mol. The van der Waals surface area contributed by atoms with E-state index in [0.29, 0.717) is 17.0 Å². The summed E-state index contributed by atoms with van der Waals surface area (Å²) in [6.07, 6.45) is 0. The molecule has 1 amide bonds. The van der Waals surface area contributed by atoms with Crippen LogP contribution in [0.3, 0.4) is 0 Å². The normalized spacial score (nSPS) is 23.3. The van der Waals surface area contributed by atoms with Gasteiger partial charge in [-0.05, 0) is 31.2 Å². The summed E-state index contributed by atoms with van der Waals surface area (Å²) in [5.74, 6) is 1.14. The number of nitrogens with two attached hydrogens (primary N) is 1. The molecule has 5 heteroatoms. The highest BCUT2D eigenvalue weighted by molar-refractivity contribution is 8.00. The molecule has 1 aromatic rings. The van der Waals surface area contributed by atoms with Gasteiger partial charge in [-0.25, -0.2) is 0 Å². The molecule has 2 N–H and O–H groups in total. The maximum Gasteiger partial charge on any atom is 0.254 e. The zero-order valence-corrected chi connectivity index (χ0v) is 12.3. The van der Waals surface area contributed by atoms with E-state index in [-0.39, 0.29) is 18.3 Å². The van der Waals surface area contributed by atoms with Crippen molar-refractivity contribution in [3.05, 3.63) is 29.8 Å². The number of rotatable bonds is 1. The Hall–Kier alpha value is -0.870. The van der Waals surface area contributed by atoms with E-state index in [4.69, 9.17) is 5.73 Å². The summed E-state index contributed by atoms with van der Waals surface area (Å²) in [6.45, 7) is 5.13. The van der Waals surface area contributed by atoms with Crippen LogP contribution in [0.5, 0.6) is 0 Å². The highest BCUT2D eigenvalue weighted by Gasteiger charge is 2.29. The number of hydrogen-bond acceptors (Lipinski definition) is 3. The van der Waals surface area contributed by atoms with Gasteiger partial charge in [0, 0.05) is 34.8 Å². The molecule has 1 fully saturated rings. The van der Waals surface area contributed by atoms with Crippen LogP contribution < -0.4 is 5.73 Å². The number of carbonyl (C=O) groups excluding carboxylic acids is 1. The van der Waals surface area contributed by atoms with E-state index in [9.17, 15) is 4.79 Å². The fraction of sp³-hybridized carbons (Fsp3) is 0.462. The van der Waals surface area contributed by atoms with Crippen molar-refractivity contribution < 1.29 is 4.79 Å². The standard InChI is InChI=1S/C13H18N2OS.ClH/c1-9-10(2)17-8-7-15(9)13(16)11-3-5-12(14)6-4-11;/h3-6,9-10H,7-8,14H2,1-2H3;1H. The molecule has 1 aliphatic heterocycles. The van der Waals surface area contributed by atoms with Gasteiger partial charge in [-0.1, -0.05) is 6.92 Å². The SMILES string of the molecule is CC1SCCN(C(=O)c2ccc(N)cc2)C1C.Cl. The Morgan fingerprint density at radius 3 is 2.56 bits per heavy atom. The molecule has 18 heavy (non-hydrogen) atoms. The second kappa shape index (κ2) is 6.34. The molecule has 1 heterocycles. The second-order valence-electron chi connectivity index (χ2n) is 4.44. The van der Waals surface area contributed by atoms with Crippen LogP contribution in [-0.2, 0) is 0 Å². The van der Waals surface area contributed by atoms with E-state index >= 15 is 0 Å². The van der Waals surface area contributed by atoms with Gasteiger partial charge in [0.05, 0.1) is 0 Å². The lowest BCUT2D eigenvalue weighted by Gasteiger charge is -2.37. The zero-order valence-electron chi connectivity index (χ0n) is 10.6. The Morgan fingerprint density at radius 1 is 1.33 bits per heavy atom. The molecular formula is C13H19ClN2OS. The van der Waals surface area contributed by atoms with E-state index in [0.717, 1.165) is 17.9 Å². The third-order valence-electron chi connectivity index (χ3n) is 3.30. The Bertz CT molecular complexity index is 410. The van der Waals surface area contributed by atoms with E-state index in [1.54, 1.807) is 24.3 Å². The van der Waals surface area contributed by atoms with Gasteiger partial charge in [-0.3, -0.25) is 4.79 Å². The predicted octanol–water partition coefficient (Wildman–Crippen LogP) is 2.66. The summed E-state index contributed by atoms with van der Waals surface area (Å²) >= 11 is 1.93. The molecule has 0 radical (unpaired) electrons. The van der Waals surface area contributed by atoms with Gasteiger partial charge in [-0.2, -0.15) is 11.8 Å². The predicted molar refractivity (Wildman–Crippen MR) is 80.5 cm³/mol. The minimum atomic E-state index is 0. The number of nitrogen functional groups attached to an aromatic ring is 1. The number of benzene rings is 1. The molecule has 0 bridgehead atoms. The molecule has 2 atom stereocenters. The summed E-state index contributed by atoms with van der Waals surface area (Å²) in [4.78, 5) is 14.3. The average molecular weight is 287 g/mol. The van der Waals surface area contributed by atoms with Gasteiger partial charge in [0.15, 0.2) is 0 Å². The first-order valence-corrected chi connectivity index (χ1v) is 6.92. The van der Waals surface area contributed by atoms with Crippen LogP contribution in [0, 0.1) is 0 Å². The van der Waals surface area contributed by atoms with Crippen molar-refractivity contribution in [3.63, 3.8) is 0 Å². The molecule has 0 aliphatic carbocycles. The Balaban J connectivity index is 0.00000162. The summed E-state index contributed by atoms with van der Waals surface area (Å²) in [6, 6.07) is 7.45. The van der Waals surface area contributed by atoms with Gasteiger partial charge in [0.25, 0.3) is 5.91 Å². The number of nitrogens with zero attached hydrogens (tertiary/aromatic N) is 1. The van der Waals surface area contributed by atoms with Crippen LogP contribution in [0.15, 0.2) is 24.3 Å². The van der Waals surface area contributed by atoms with E-state index in [1.807, 2.05) is 16.7 Å². The molecule has 2 unspecified atom stereocenters. The van der Waals surface area contributed by atoms with Gasteiger partial charge >= 0.3 is 0 Å². The molecular weight excluding hydrogens is 268 g/mol. The molecule has 3 nitrogen and oxygen atoms in total. The van der Waals surface area contributed by atoms with Crippen LogP contribution in [-0.4, -0.2) is 34.4 Å². The molecule has 2 rings (SSSR count). The minimum absolute atomic E-state index is 0. The highest BCUT2D eigenvalue weighted by atomic mass is 35.5. The van der Waals surface area contributed by atoms with Crippen LogP contribution in [0.1, 0.15) is 24.2 Å². The number of halogens is 1. The Morgan fingerprint density at radius 2 is 1.94 bits per heavy atom. The third kappa shape index (κ3) is 3.12. The molecule has 1 saturated heterocycles. The summed E-state index contributed by atoms with van der Waals surface area (Å²) < 4.78 is 0. The topological polar surface area (TPSA) is 46.3 Å². The van der Waals surface area contributed by atoms with Crippen molar-refractivity contribution in [1.29, 1.82) is 0 Å². The maximum absolute atomic E-state index is 12.3. The van der Waals surface area contributed by atoms with Gasteiger partial charge < -0.3 is 10.6 Å². The lowest BCUT2D eigenvalue weighted by molar-refractivity contribution is 0.0698. The highest BCUT2D eigenvalue weighted by Crippen LogP contribution is 2.25. The smallest absolute Gasteiger partial charge is 0.254 e. The average Bonchev–Trinajstić information content (AvgIpc) is 2.33. The first-order valence-electron chi connectivity index (χ1n) is 5.87. The first kappa shape index (κ1) is 15.2. The van der Waals surface area contributed by atoms with Crippen molar-refractivity contribution in [2.24, 2.45) is 0 Å². The van der Waals surface area contributed by atoms with Crippen molar-refractivity contribution in [3.8, 4) is 0 Å². The summed E-state index contributed by atoms with van der Waals surface area (Å²) in [5, 5.41) is 0.501. The molecule has 1 aromatic carbocycles. The lowest BCUT2D eigenvalue weighted by atomic mass is 10.1. The zero-order chi connectivity index (χ0) is 12.4. The fourth-order valence-electron chi connectivity index (χ4n) is 2.01. The molecule has 1 aliphatic rings. The van der Waals surface area contributed by atoms with Gasteiger partial charge in [0.2, 0.25) is 0 Å². The Kier molecular flexibility index (Phi) is 5.35. The number of amides is 1. The minimum Gasteiger partial charge on any atom is -0.399 e. The number of hydrogen-bond donors (Lipinski definition) is 1. The fourth-order valence-corrected chi connectivity index (χ4v) is 3.11. The molecule has 0 aromatic heterocycles. The second-order valence-corrected chi connectivity index (χ2v) is 5.92. The first-order chi connectivity index (χ1) is 8.09. The van der Waals surface area contributed by atoms with Gasteiger partial charge in [0.1, 0.15) is 0 Å². The number of thioether (sulfide) groups is 1. The number of carbonyl (C=O) groups is 1. The summed E-state index contributed by atoms with van der Waals surface area (Å²) in [5.41, 5.74) is 7.05. The molecule has 0 saturated carbocycles. The lowest BCUT2D eigenvalue weighted by Crippen LogP contribution is -2.47. The van der Waals surface area contributed by atoms with Crippen molar-refractivity contribution in [2.45, 2.75) is 25.1 Å². The maximum atomic E-state index is 12.3. The Labute approximate surface area is 119 Å². The van der Waals surface area contributed by atoms with Crippen LogP contribution in [0.4, 0.5) is 5.69 Å². The van der Waals surface area contributed by atoms with Crippen LogP contribution in [0.25, 0.3) is 0 Å². The third-order valence-corrected chi connectivity index (χ3v) is 4.64. The number of anilines is 1. The van der Waals surface area contributed by atoms with Gasteiger partial charge in [-0.15, -0.1) is 12.4 Å². The van der Waals surface area contributed by atoms with Crippen molar-refractivity contribution in [2.75, 3.05) is 18.0 Å². The summed E-state index contributed by atoms with van der Waals surface area (Å²) in [7, 11) is 0. The largest absolute Gasteiger partial charge is 0.399 e. The van der Waals surface area contributed by atoms with Crippen molar-refractivity contribution in [1.82, 2.24) is 4.90 Å². The quantitative estimate of drug-likeness (QED) is 0.808. The van der Waals surface area contributed by atoms with Crippen LogP contribution >= 0.6 is 24.2 Å². The van der Waals surface area contributed by atoms with Crippen molar-refractivity contribution >= 4 is 35.8 Å². The van der Waals surface area contributed by atoms with E-state index in [2.05, 4.69) is 13.8 Å². The van der Waals surface area contributed by atoms with Crippen LogP contribution in [0.2, 0.25) is 0 Å². The molecule has 0 spiro atoms. The van der Waals surface area contributed by atoms with E-state index < -0.39 is 0 Å².